The molecule has 2 heterocycles. The van der Waals surface area contributed by atoms with Gasteiger partial charge >= 0.3 is 5.97 Å². The Morgan fingerprint density at radius 2 is 2.05 bits per heavy atom. The van der Waals surface area contributed by atoms with E-state index in [2.05, 4.69) is 4.98 Å². The Morgan fingerprint density at radius 3 is 2.73 bits per heavy atom. The van der Waals surface area contributed by atoms with Gasteiger partial charge in [-0.3, -0.25) is 9.78 Å². The minimum absolute atomic E-state index is 0.0620. The van der Waals surface area contributed by atoms with Crippen LogP contribution in [0.15, 0.2) is 52.5 Å². The van der Waals surface area contributed by atoms with E-state index in [1.807, 2.05) is 37.3 Å². The molecule has 0 bridgehead atoms. The van der Waals surface area contributed by atoms with Crippen molar-refractivity contribution in [1.29, 1.82) is 0 Å². The molecule has 0 amide bonds. The number of fused-ring (bicyclic) bond motifs is 1. The van der Waals surface area contributed by atoms with E-state index in [4.69, 9.17) is 16.7 Å². The van der Waals surface area contributed by atoms with Crippen molar-refractivity contribution in [3.8, 4) is 0 Å². The highest BCUT2D eigenvalue weighted by molar-refractivity contribution is 7.99. The molecular weight excluding hydrogens is 320 g/mol. The summed E-state index contributed by atoms with van der Waals surface area (Å²) in [7, 11) is 0. The second-order valence-corrected chi connectivity index (χ2v) is 6.36. The number of pyridine rings is 1. The average molecular weight is 333 g/mol. The summed E-state index contributed by atoms with van der Waals surface area (Å²) in [6, 6.07) is 9.42. The number of aliphatic carboxylic acids is 1. The summed E-state index contributed by atoms with van der Waals surface area (Å²) in [4.78, 5) is 17.3. The smallest absolute Gasteiger partial charge is 0.323 e. The SMILES string of the molecule is Cc1c(Sc2ccc(Cl)cc2)c2cnccc2n1CC(=O)O. The number of halogens is 1. The molecule has 0 aliphatic carbocycles. The van der Waals surface area contributed by atoms with Crippen molar-refractivity contribution in [3.05, 3.63) is 53.4 Å². The first kappa shape index (κ1) is 14.9. The second kappa shape index (κ2) is 6.02. The van der Waals surface area contributed by atoms with Crippen molar-refractivity contribution in [2.75, 3.05) is 0 Å². The third-order valence-corrected chi connectivity index (χ3v) is 4.87. The lowest BCUT2D eigenvalue weighted by atomic mass is 10.3. The van der Waals surface area contributed by atoms with Crippen molar-refractivity contribution in [1.82, 2.24) is 9.55 Å². The normalized spacial score (nSPS) is 11.0. The molecule has 1 N–H and O–H groups in total. The van der Waals surface area contributed by atoms with Crippen LogP contribution in [0.1, 0.15) is 5.69 Å². The quantitative estimate of drug-likeness (QED) is 0.776. The van der Waals surface area contributed by atoms with Crippen LogP contribution in [0.5, 0.6) is 0 Å². The standard InChI is InChI=1S/C16H13ClN2O2S/c1-10-16(22-12-4-2-11(17)3-5-12)13-8-18-7-6-14(13)19(10)9-15(20)21/h2-8H,9H2,1H3,(H,20,21). The van der Waals surface area contributed by atoms with E-state index >= 15 is 0 Å². The molecule has 0 atom stereocenters. The molecule has 3 rings (SSSR count). The summed E-state index contributed by atoms with van der Waals surface area (Å²) >= 11 is 7.50. The molecule has 22 heavy (non-hydrogen) atoms. The molecule has 0 fully saturated rings. The first-order valence-electron chi connectivity index (χ1n) is 6.64. The predicted molar refractivity (Wildman–Crippen MR) is 87.7 cm³/mol. The van der Waals surface area contributed by atoms with Gasteiger partial charge in [-0.1, -0.05) is 23.4 Å². The average Bonchev–Trinajstić information content (AvgIpc) is 2.75. The molecule has 0 aliphatic heterocycles. The molecule has 3 aromatic rings. The van der Waals surface area contributed by atoms with Gasteiger partial charge in [0, 0.05) is 38.3 Å². The summed E-state index contributed by atoms with van der Waals surface area (Å²) in [6.45, 7) is 1.87. The number of aromatic nitrogens is 2. The van der Waals surface area contributed by atoms with Gasteiger partial charge in [0.05, 0.1) is 5.52 Å². The molecule has 0 radical (unpaired) electrons. The summed E-state index contributed by atoms with van der Waals surface area (Å²) in [5.41, 5.74) is 1.80. The van der Waals surface area contributed by atoms with E-state index in [1.165, 1.54) is 0 Å². The molecular formula is C16H13ClN2O2S. The summed E-state index contributed by atoms with van der Waals surface area (Å²) < 4.78 is 1.80. The zero-order valence-electron chi connectivity index (χ0n) is 11.8. The number of hydrogen-bond acceptors (Lipinski definition) is 3. The maximum Gasteiger partial charge on any atom is 0.323 e. The summed E-state index contributed by atoms with van der Waals surface area (Å²) in [6.07, 6.45) is 3.45. The Bertz CT molecular complexity index is 843. The van der Waals surface area contributed by atoms with Crippen molar-refractivity contribution in [2.24, 2.45) is 0 Å². The van der Waals surface area contributed by atoms with E-state index in [0.29, 0.717) is 5.02 Å². The molecule has 0 spiro atoms. The molecule has 0 aliphatic rings. The zero-order chi connectivity index (χ0) is 15.7. The summed E-state index contributed by atoms with van der Waals surface area (Å²) in [5.74, 6) is -0.861. The van der Waals surface area contributed by atoms with Crippen molar-refractivity contribution >= 4 is 40.2 Å². The third kappa shape index (κ3) is 2.82. The summed E-state index contributed by atoms with van der Waals surface area (Å²) in [5, 5.41) is 10.8. The molecule has 4 nitrogen and oxygen atoms in total. The van der Waals surface area contributed by atoms with Crippen LogP contribution in [0.25, 0.3) is 10.9 Å². The topological polar surface area (TPSA) is 55.1 Å². The first-order valence-corrected chi connectivity index (χ1v) is 7.83. The van der Waals surface area contributed by atoms with Gasteiger partial charge in [0.15, 0.2) is 0 Å². The van der Waals surface area contributed by atoms with Gasteiger partial charge in [-0.25, -0.2) is 0 Å². The number of carboxylic acid groups (broad SMARTS) is 1. The number of nitrogens with zero attached hydrogens (tertiary/aromatic N) is 2. The molecule has 6 heteroatoms. The van der Waals surface area contributed by atoms with Gasteiger partial charge in [0.2, 0.25) is 0 Å². The molecule has 112 valence electrons. The molecule has 0 saturated carbocycles. The fourth-order valence-electron chi connectivity index (χ4n) is 2.38. The van der Waals surface area contributed by atoms with Crippen LogP contribution in [-0.4, -0.2) is 20.6 Å². The van der Waals surface area contributed by atoms with Gasteiger partial charge < -0.3 is 9.67 Å². The Hall–Kier alpha value is -1.98. The minimum atomic E-state index is -0.861. The zero-order valence-corrected chi connectivity index (χ0v) is 13.4. The Kier molecular flexibility index (Phi) is 4.09. The van der Waals surface area contributed by atoms with Gasteiger partial charge in [-0.2, -0.15) is 0 Å². The number of benzene rings is 1. The molecule has 0 saturated heterocycles. The lowest BCUT2D eigenvalue weighted by Crippen LogP contribution is -2.09. The molecule has 1 aromatic carbocycles. The second-order valence-electron chi connectivity index (χ2n) is 4.84. The van der Waals surface area contributed by atoms with Crippen LogP contribution in [0.4, 0.5) is 0 Å². The number of hydrogen-bond donors (Lipinski definition) is 1. The molecule has 0 unspecified atom stereocenters. The first-order chi connectivity index (χ1) is 10.6. The van der Waals surface area contributed by atoms with Gasteiger partial charge in [0.1, 0.15) is 6.54 Å². The Morgan fingerprint density at radius 1 is 1.32 bits per heavy atom. The van der Waals surface area contributed by atoms with Gasteiger partial charge in [-0.05, 0) is 37.3 Å². The third-order valence-electron chi connectivity index (χ3n) is 3.39. The van der Waals surface area contributed by atoms with E-state index in [9.17, 15) is 4.79 Å². The van der Waals surface area contributed by atoms with Crippen LogP contribution < -0.4 is 0 Å². The van der Waals surface area contributed by atoms with Crippen molar-refractivity contribution in [2.45, 2.75) is 23.3 Å². The Labute approximate surface area is 136 Å². The largest absolute Gasteiger partial charge is 0.480 e. The highest BCUT2D eigenvalue weighted by Gasteiger charge is 2.16. The van der Waals surface area contributed by atoms with Crippen LogP contribution in [0.3, 0.4) is 0 Å². The van der Waals surface area contributed by atoms with Gasteiger partial charge in [0.25, 0.3) is 0 Å². The monoisotopic (exact) mass is 332 g/mol. The number of rotatable bonds is 4. The highest BCUT2D eigenvalue weighted by atomic mass is 35.5. The van der Waals surface area contributed by atoms with Crippen molar-refractivity contribution in [3.63, 3.8) is 0 Å². The maximum absolute atomic E-state index is 11.1. The Balaban J connectivity index is 2.10. The van der Waals surface area contributed by atoms with E-state index in [-0.39, 0.29) is 6.54 Å². The number of carbonyl (C=O) groups is 1. The lowest BCUT2D eigenvalue weighted by Gasteiger charge is -2.05. The highest BCUT2D eigenvalue weighted by Crippen LogP contribution is 2.38. The molecule has 2 aromatic heterocycles. The van der Waals surface area contributed by atoms with E-state index < -0.39 is 5.97 Å². The predicted octanol–water partition coefficient (Wildman–Crippen LogP) is 4.23. The van der Waals surface area contributed by atoms with Crippen LogP contribution >= 0.6 is 23.4 Å². The van der Waals surface area contributed by atoms with Crippen LogP contribution in [0.2, 0.25) is 5.02 Å². The minimum Gasteiger partial charge on any atom is -0.480 e. The lowest BCUT2D eigenvalue weighted by molar-refractivity contribution is -0.137. The van der Waals surface area contributed by atoms with Crippen LogP contribution in [0, 0.1) is 6.92 Å². The number of carboxylic acids is 1. The fraction of sp³-hybridized carbons (Fsp3) is 0.125. The van der Waals surface area contributed by atoms with Gasteiger partial charge in [-0.15, -0.1) is 0 Å². The van der Waals surface area contributed by atoms with E-state index in [1.54, 1.807) is 28.7 Å². The maximum atomic E-state index is 11.1. The fourth-order valence-corrected chi connectivity index (χ4v) is 3.54. The van der Waals surface area contributed by atoms with E-state index in [0.717, 1.165) is 26.4 Å². The van der Waals surface area contributed by atoms with Crippen molar-refractivity contribution < 1.29 is 9.90 Å². The van der Waals surface area contributed by atoms with Crippen LogP contribution in [-0.2, 0) is 11.3 Å².